The lowest BCUT2D eigenvalue weighted by Gasteiger charge is -2.06. The summed E-state index contributed by atoms with van der Waals surface area (Å²) >= 11 is 0. The summed E-state index contributed by atoms with van der Waals surface area (Å²) in [7, 11) is -4.47. The van der Waals surface area contributed by atoms with Crippen molar-refractivity contribution in [1.82, 2.24) is 0 Å². The minimum Gasteiger partial charge on any atom is -0.726 e. The second-order valence-electron chi connectivity index (χ2n) is 5.46. The number of aryl methyl sites for hydroxylation is 1. The van der Waals surface area contributed by atoms with Gasteiger partial charge in [0.1, 0.15) is 6.54 Å². The Bertz CT molecular complexity index is 463. The molecule has 5 nitrogen and oxygen atoms in total. The Morgan fingerprint density at radius 1 is 0.870 bits per heavy atom. The molecular formula is C17H31NO4S. The summed E-state index contributed by atoms with van der Waals surface area (Å²) in [6.07, 6.45) is 13.0. The smallest absolute Gasteiger partial charge is 0.217 e. The van der Waals surface area contributed by atoms with Crippen LogP contribution in [0, 0.1) is 0 Å². The fourth-order valence-corrected chi connectivity index (χ4v) is 2.29. The molecule has 0 spiro atoms. The molecule has 0 saturated heterocycles. The summed E-state index contributed by atoms with van der Waals surface area (Å²) in [4.78, 5) is 0. The minimum atomic E-state index is -4.47. The van der Waals surface area contributed by atoms with Crippen molar-refractivity contribution >= 4 is 10.4 Å². The van der Waals surface area contributed by atoms with Crippen LogP contribution in [-0.2, 0) is 21.1 Å². The van der Waals surface area contributed by atoms with Gasteiger partial charge in [0, 0.05) is 18.6 Å². The Morgan fingerprint density at radius 2 is 1.43 bits per heavy atom. The molecular weight excluding hydrogens is 314 g/mol. The highest BCUT2D eigenvalue weighted by molar-refractivity contribution is 7.80. The third-order valence-electron chi connectivity index (χ3n) is 3.27. The molecule has 0 bridgehead atoms. The number of pyridine rings is 1. The topological polar surface area (TPSA) is 70.3 Å². The van der Waals surface area contributed by atoms with Crippen LogP contribution in [0.1, 0.15) is 65.2 Å². The van der Waals surface area contributed by atoms with Gasteiger partial charge in [-0.3, -0.25) is 4.18 Å². The average molecular weight is 346 g/mol. The molecule has 0 unspecified atom stereocenters. The van der Waals surface area contributed by atoms with Gasteiger partial charge in [-0.05, 0) is 6.42 Å². The molecule has 6 heteroatoms. The number of aromatic nitrogens is 1. The van der Waals surface area contributed by atoms with Gasteiger partial charge in [0.05, 0.1) is 6.61 Å². The fraction of sp³-hybridized carbons (Fsp3) is 0.706. The Hall–Kier alpha value is -0.980. The summed E-state index contributed by atoms with van der Waals surface area (Å²) in [5.74, 6) is 0. The van der Waals surface area contributed by atoms with Crippen LogP contribution >= 0.6 is 0 Å². The molecule has 23 heavy (non-hydrogen) atoms. The Labute approximate surface area is 141 Å². The van der Waals surface area contributed by atoms with E-state index in [0.717, 1.165) is 19.4 Å². The van der Waals surface area contributed by atoms with Gasteiger partial charge in [-0.15, -0.1) is 0 Å². The van der Waals surface area contributed by atoms with E-state index >= 15 is 0 Å². The van der Waals surface area contributed by atoms with Crippen molar-refractivity contribution in [1.29, 1.82) is 0 Å². The number of unbranched alkanes of at least 4 members (excludes halogenated alkanes) is 6. The first-order chi connectivity index (χ1) is 11.0. The first-order valence-electron chi connectivity index (χ1n) is 8.54. The largest absolute Gasteiger partial charge is 0.726 e. The van der Waals surface area contributed by atoms with E-state index in [1.165, 1.54) is 32.1 Å². The molecule has 1 heterocycles. The van der Waals surface area contributed by atoms with Crippen molar-refractivity contribution in [3.05, 3.63) is 30.6 Å². The molecule has 0 amide bonds. The molecule has 0 radical (unpaired) electrons. The van der Waals surface area contributed by atoms with Crippen molar-refractivity contribution in [3.8, 4) is 0 Å². The minimum absolute atomic E-state index is 0.0258. The molecule has 0 saturated carbocycles. The van der Waals surface area contributed by atoms with Crippen LogP contribution in [0.25, 0.3) is 0 Å². The van der Waals surface area contributed by atoms with Gasteiger partial charge in [0.15, 0.2) is 12.4 Å². The van der Waals surface area contributed by atoms with Gasteiger partial charge in [-0.2, -0.15) is 0 Å². The first-order valence-corrected chi connectivity index (χ1v) is 9.87. The van der Waals surface area contributed by atoms with E-state index in [2.05, 4.69) is 47.1 Å². The highest BCUT2D eigenvalue weighted by atomic mass is 32.3. The van der Waals surface area contributed by atoms with Crippen LogP contribution in [0.3, 0.4) is 0 Å². The summed E-state index contributed by atoms with van der Waals surface area (Å²) in [5.41, 5.74) is 0. The van der Waals surface area contributed by atoms with Crippen molar-refractivity contribution in [3.63, 3.8) is 0 Å². The zero-order valence-electron chi connectivity index (χ0n) is 14.4. The second-order valence-corrected chi connectivity index (χ2v) is 6.52. The van der Waals surface area contributed by atoms with Crippen molar-refractivity contribution in [2.24, 2.45) is 0 Å². The predicted molar refractivity (Wildman–Crippen MR) is 90.6 cm³/mol. The molecule has 0 fully saturated rings. The SMILES string of the molecule is CCCCCCCCOS(=O)(=O)[O-].CCCC[n+]1ccccc1. The first kappa shape index (κ1) is 22.0. The highest BCUT2D eigenvalue weighted by Gasteiger charge is 1.95. The lowest BCUT2D eigenvalue weighted by atomic mass is 10.1. The van der Waals surface area contributed by atoms with E-state index in [1.807, 2.05) is 6.07 Å². The van der Waals surface area contributed by atoms with Crippen LogP contribution in [-0.4, -0.2) is 19.6 Å². The number of hydrogen-bond acceptors (Lipinski definition) is 4. The van der Waals surface area contributed by atoms with Gasteiger partial charge in [0.25, 0.3) is 0 Å². The van der Waals surface area contributed by atoms with Crippen molar-refractivity contribution in [2.45, 2.75) is 71.8 Å². The van der Waals surface area contributed by atoms with Crippen LogP contribution in [0.4, 0.5) is 0 Å². The third-order valence-corrected chi connectivity index (χ3v) is 3.73. The van der Waals surface area contributed by atoms with Gasteiger partial charge in [0.2, 0.25) is 10.4 Å². The second kappa shape index (κ2) is 14.6. The molecule has 1 aromatic heterocycles. The fourth-order valence-electron chi connectivity index (χ4n) is 1.97. The lowest BCUT2D eigenvalue weighted by molar-refractivity contribution is -0.697. The van der Waals surface area contributed by atoms with E-state index < -0.39 is 10.4 Å². The Kier molecular flexibility index (Phi) is 14.0. The van der Waals surface area contributed by atoms with Gasteiger partial charge in [-0.25, -0.2) is 13.0 Å². The quantitative estimate of drug-likeness (QED) is 0.266. The van der Waals surface area contributed by atoms with Crippen LogP contribution in [0.5, 0.6) is 0 Å². The van der Waals surface area contributed by atoms with E-state index in [1.54, 1.807) is 0 Å². The Balaban J connectivity index is 0.000000433. The molecule has 134 valence electrons. The van der Waals surface area contributed by atoms with Gasteiger partial charge >= 0.3 is 0 Å². The number of hydrogen-bond donors (Lipinski definition) is 0. The monoisotopic (exact) mass is 345 g/mol. The zero-order valence-corrected chi connectivity index (χ0v) is 15.3. The standard InChI is InChI=1S/C9H14N.C8H18O4S/c1-2-3-7-10-8-5-4-6-9-10;1-2-3-4-5-6-7-8-12-13(9,10)11/h4-6,8-9H,2-3,7H2,1H3;2-8H2,1H3,(H,9,10,11)/q+1;/p-1. The van der Waals surface area contributed by atoms with Crippen LogP contribution in [0.2, 0.25) is 0 Å². The molecule has 0 aliphatic rings. The summed E-state index contributed by atoms with van der Waals surface area (Å²) < 4.78 is 36.2. The zero-order chi connectivity index (χ0) is 17.4. The predicted octanol–water partition coefficient (Wildman–Crippen LogP) is 3.60. The van der Waals surface area contributed by atoms with E-state index in [9.17, 15) is 13.0 Å². The maximum absolute atomic E-state index is 9.99. The molecule has 0 aliphatic carbocycles. The lowest BCUT2D eigenvalue weighted by Crippen LogP contribution is -2.31. The molecule has 1 aromatic rings. The maximum Gasteiger partial charge on any atom is 0.217 e. The average Bonchev–Trinajstić information content (AvgIpc) is 2.53. The molecule has 0 aliphatic heterocycles. The Morgan fingerprint density at radius 3 is 2.00 bits per heavy atom. The molecule has 0 atom stereocenters. The van der Waals surface area contributed by atoms with E-state index in [0.29, 0.717) is 6.42 Å². The van der Waals surface area contributed by atoms with E-state index in [4.69, 9.17) is 0 Å². The van der Waals surface area contributed by atoms with Crippen molar-refractivity contribution in [2.75, 3.05) is 6.61 Å². The maximum atomic E-state index is 9.99. The van der Waals surface area contributed by atoms with Gasteiger partial charge < -0.3 is 4.55 Å². The molecule has 0 aromatic carbocycles. The number of rotatable bonds is 11. The summed E-state index contributed by atoms with van der Waals surface area (Å²) in [5, 5.41) is 0. The summed E-state index contributed by atoms with van der Waals surface area (Å²) in [6, 6.07) is 6.17. The van der Waals surface area contributed by atoms with Crippen molar-refractivity contribution < 1.29 is 21.7 Å². The van der Waals surface area contributed by atoms with E-state index in [-0.39, 0.29) is 6.61 Å². The van der Waals surface area contributed by atoms with Gasteiger partial charge in [-0.1, -0.05) is 58.4 Å². The van der Waals surface area contributed by atoms with Crippen LogP contribution in [0.15, 0.2) is 30.6 Å². The normalized spacial score (nSPS) is 10.9. The molecule has 0 N–H and O–H groups in total. The highest BCUT2D eigenvalue weighted by Crippen LogP contribution is 2.05. The van der Waals surface area contributed by atoms with Crippen LogP contribution < -0.4 is 4.57 Å². The third kappa shape index (κ3) is 17.2. The summed E-state index contributed by atoms with van der Waals surface area (Å²) in [6.45, 7) is 5.52. The number of nitrogens with zero attached hydrogens (tertiary/aromatic N) is 1. The molecule has 1 rings (SSSR count).